The van der Waals surface area contributed by atoms with E-state index >= 15 is 0 Å². The van der Waals surface area contributed by atoms with Crippen molar-refractivity contribution in [3.63, 3.8) is 0 Å². The van der Waals surface area contributed by atoms with E-state index < -0.39 is 0 Å². The molecule has 1 heterocycles. The molecule has 0 saturated heterocycles. The molecule has 0 aliphatic rings. The van der Waals surface area contributed by atoms with Crippen LogP contribution in [0.15, 0.2) is 52.9 Å². The van der Waals surface area contributed by atoms with E-state index in [9.17, 15) is 4.79 Å². The van der Waals surface area contributed by atoms with Crippen LogP contribution in [-0.2, 0) is 0 Å². The van der Waals surface area contributed by atoms with Crippen molar-refractivity contribution in [1.29, 1.82) is 0 Å². The van der Waals surface area contributed by atoms with Gasteiger partial charge in [-0.1, -0.05) is 30.3 Å². The highest BCUT2D eigenvalue weighted by Gasteiger charge is 2.12. The van der Waals surface area contributed by atoms with Gasteiger partial charge in [0.2, 0.25) is 0 Å². The maximum absolute atomic E-state index is 10.8. The zero-order valence-corrected chi connectivity index (χ0v) is 10.0. The predicted molar refractivity (Wildman–Crippen MR) is 71.8 cm³/mol. The van der Waals surface area contributed by atoms with E-state index in [4.69, 9.17) is 4.42 Å². The number of benzene rings is 2. The average Bonchev–Trinajstić information content (AvgIpc) is 2.77. The minimum atomic E-state index is 0.672. The Morgan fingerprint density at radius 1 is 1.06 bits per heavy atom. The number of aryl methyl sites for hydroxylation is 1. The van der Waals surface area contributed by atoms with E-state index in [0.717, 1.165) is 34.1 Å². The third-order valence-electron chi connectivity index (χ3n) is 3.13. The number of fused-ring (bicyclic) bond motifs is 1. The minimum Gasteiger partial charge on any atom is -0.456 e. The Kier molecular flexibility index (Phi) is 2.49. The van der Waals surface area contributed by atoms with E-state index in [1.54, 1.807) is 6.07 Å². The van der Waals surface area contributed by atoms with Gasteiger partial charge in [-0.25, -0.2) is 0 Å². The lowest BCUT2D eigenvalue weighted by molar-refractivity contribution is 0.112. The van der Waals surface area contributed by atoms with E-state index in [2.05, 4.69) is 0 Å². The highest BCUT2D eigenvalue weighted by molar-refractivity contribution is 5.91. The number of rotatable bonds is 2. The molecule has 0 atom stereocenters. The molecule has 88 valence electrons. The summed E-state index contributed by atoms with van der Waals surface area (Å²) in [6, 6.07) is 15.5. The summed E-state index contributed by atoms with van der Waals surface area (Å²) >= 11 is 0. The van der Waals surface area contributed by atoms with Gasteiger partial charge in [0.25, 0.3) is 0 Å². The topological polar surface area (TPSA) is 30.2 Å². The Balaban J connectivity index is 2.26. The van der Waals surface area contributed by atoms with Gasteiger partial charge in [0, 0.05) is 22.1 Å². The molecule has 3 rings (SSSR count). The summed E-state index contributed by atoms with van der Waals surface area (Å²) in [6.07, 6.45) is 0.855. The highest BCUT2D eigenvalue weighted by atomic mass is 16.3. The number of carbonyl (C=O) groups is 1. The first-order chi connectivity index (χ1) is 8.79. The number of carbonyl (C=O) groups excluding carboxylic acids is 1. The molecule has 0 N–H and O–H groups in total. The second-order valence-corrected chi connectivity index (χ2v) is 4.30. The van der Waals surface area contributed by atoms with Crippen LogP contribution in [0.1, 0.15) is 15.9 Å². The van der Waals surface area contributed by atoms with E-state index in [1.165, 1.54) is 0 Å². The molecule has 0 aliphatic heterocycles. The van der Waals surface area contributed by atoms with Crippen LogP contribution < -0.4 is 0 Å². The summed E-state index contributed by atoms with van der Waals surface area (Å²) < 4.78 is 5.87. The molecule has 0 spiro atoms. The third kappa shape index (κ3) is 1.63. The molecule has 2 aromatic carbocycles. The molecule has 1 aromatic heterocycles. The van der Waals surface area contributed by atoms with Crippen molar-refractivity contribution in [2.75, 3.05) is 0 Å². The van der Waals surface area contributed by atoms with Crippen LogP contribution in [0.25, 0.3) is 22.3 Å². The van der Waals surface area contributed by atoms with Crippen LogP contribution >= 0.6 is 0 Å². The van der Waals surface area contributed by atoms with E-state index in [1.807, 2.05) is 49.4 Å². The SMILES string of the molecule is Cc1c(-c2ccccc2)oc2ccc(C=O)cc12. The van der Waals surface area contributed by atoms with Crippen LogP contribution in [-0.4, -0.2) is 6.29 Å². The van der Waals surface area contributed by atoms with Gasteiger partial charge in [-0.3, -0.25) is 4.79 Å². The molecule has 0 saturated carbocycles. The molecular weight excluding hydrogens is 224 g/mol. The first-order valence-electron chi connectivity index (χ1n) is 5.83. The fourth-order valence-corrected chi connectivity index (χ4v) is 2.18. The monoisotopic (exact) mass is 236 g/mol. The molecule has 2 nitrogen and oxygen atoms in total. The third-order valence-corrected chi connectivity index (χ3v) is 3.13. The number of hydrogen-bond acceptors (Lipinski definition) is 2. The zero-order chi connectivity index (χ0) is 12.5. The maximum atomic E-state index is 10.8. The molecule has 0 aliphatic carbocycles. The Labute approximate surface area is 105 Å². The van der Waals surface area contributed by atoms with Gasteiger partial charge in [0.15, 0.2) is 0 Å². The summed E-state index contributed by atoms with van der Waals surface area (Å²) in [5.74, 6) is 0.869. The molecular formula is C16H12O2. The van der Waals surface area contributed by atoms with Crippen molar-refractivity contribution in [2.24, 2.45) is 0 Å². The summed E-state index contributed by atoms with van der Waals surface area (Å²) in [4.78, 5) is 10.8. The molecule has 0 bridgehead atoms. The molecule has 0 amide bonds. The Hall–Kier alpha value is -2.35. The van der Waals surface area contributed by atoms with Gasteiger partial charge in [0.1, 0.15) is 17.6 Å². The molecule has 0 unspecified atom stereocenters. The van der Waals surface area contributed by atoms with E-state index in [0.29, 0.717) is 5.56 Å². The summed E-state index contributed by atoms with van der Waals surface area (Å²) in [5, 5.41) is 0.999. The largest absolute Gasteiger partial charge is 0.456 e. The fraction of sp³-hybridized carbons (Fsp3) is 0.0625. The van der Waals surface area contributed by atoms with Crippen molar-refractivity contribution in [3.05, 3.63) is 59.7 Å². The first kappa shape index (κ1) is 10.8. The number of hydrogen-bond donors (Lipinski definition) is 0. The van der Waals surface area contributed by atoms with Crippen molar-refractivity contribution in [2.45, 2.75) is 6.92 Å². The Morgan fingerprint density at radius 3 is 2.56 bits per heavy atom. The second-order valence-electron chi connectivity index (χ2n) is 4.30. The van der Waals surface area contributed by atoms with Gasteiger partial charge in [-0.05, 0) is 25.1 Å². The summed E-state index contributed by atoms with van der Waals surface area (Å²) in [6.45, 7) is 2.02. The van der Waals surface area contributed by atoms with Crippen molar-refractivity contribution < 1.29 is 9.21 Å². The molecule has 3 aromatic rings. The molecule has 2 heteroatoms. The minimum absolute atomic E-state index is 0.672. The molecule has 18 heavy (non-hydrogen) atoms. The van der Waals surface area contributed by atoms with Crippen molar-refractivity contribution in [1.82, 2.24) is 0 Å². The normalized spacial score (nSPS) is 10.7. The van der Waals surface area contributed by atoms with Gasteiger partial charge in [-0.15, -0.1) is 0 Å². The van der Waals surface area contributed by atoms with Crippen LogP contribution in [0.5, 0.6) is 0 Å². The quantitative estimate of drug-likeness (QED) is 0.623. The second kappa shape index (κ2) is 4.15. The highest BCUT2D eigenvalue weighted by Crippen LogP contribution is 2.33. The summed E-state index contributed by atoms with van der Waals surface area (Å²) in [5.41, 5.74) is 3.61. The number of furan rings is 1. The van der Waals surface area contributed by atoms with Gasteiger partial charge < -0.3 is 4.42 Å². The lowest BCUT2D eigenvalue weighted by Crippen LogP contribution is -1.79. The van der Waals surface area contributed by atoms with Crippen molar-refractivity contribution in [3.8, 4) is 11.3 Å². The lowest BCUT2D eigenvalue weighted by atomic mass is 10.1. The first-order valence-corrected chi connectivity index (χ1v) is 5.83. The Bertz CT molecular complexity index is 709. The zero-order valence-electron chi connectivity index (χ0n) is 10.0. The Morgan fingerprint density at radius 2 is 1.83 bits per heavy atom. The average molecular weight is 236 g/mol. The van der Waals surface area contributed by atoms with E-state index in [-0.39, 0.29) is 0 Å². The predicted octanol–water partition coefficient (Wildman–Crippen LogP) is 4.22. The summed E-state index contributed by atoms with van der Waals surface area (Å²) in [7, 11) is 0. The van der Waals surface area contributed by atoms with Crippen LogP contribution in [0.4, 0.5) is 0 Å². The molecule has 0 fully saturated rings. The smallest absolute Gasteiger partial charge is 0.150 e. The van der Waals surface area contributed by atoms with Gasteiger partial charge in [0.05, 0.1) is 0 Å². The lowest BCUT2D eigenvalue weighted by Gasteiger charge is -1.97. The number of aldehydes is 1. The van der Waals surface area contributed by atoms with Crippen LogP contribution in [0.3, 0.4) is 0 Å². The standard InChI is InChI=1S/C16H12O2/c1-11-14-9-12(10-17)7-8-15(14)18-16(11)13-5-3-2-4-6-13/h2-10H,1H3. The van der Waals surface area contributed by atoms with Gasteiger partial charge >= 0.3 is 0 Å². The van der Waals surface area contributed by atoms with Crippen molar-refractivity contribution >= 4 is 17.3 Å². The fourth-order valence-electron chi connectivity index (χ4n) is 2.18. The van der Waals surface area contributed by atoms with Gasteiger partial charge in [-0.2, -0.15) is 0 Å². The van der Waals surface area contributed by atoms with Crippen LogP contribution in [0, 0.1) is 6.92 Å². The maximum Gasteiger partial charge on any atom is 0.150 e. The van der Waals surface area contributed by atoms with Crippen LogP contribution in [0.2, 0.25) is 0 Å². The molecule has 0 radical (unpaired) electrons.